The number of anilines is 3. The van der Waals surface area contributed by atoms with E-state index in [1.165, 1.54) is 34.9 Å². The van der Waals surface area contributed by atoms with Crippen LogP contribution in [0.2, 0.25) is 0 Å². The predicted molar refractivity (Wildman–Crippen MR) is 182 cm³/mol. The second-order valence-electron chi connectivity index (χ2n) is 14.3. The van der Waals surface area contributed by atoms with Crippen LogP contribution < -0.4 is 15.8 Å². The normalized spacial score (nSPS) is 16.9. The average Bonchev–Trinajstić information content (AvgIpc) is 3.62. The molecule has 0 spiro atoms. The maximum atomic E-state index is 15.6. The van der Waals surface area contributed by atoms with Gasteiger partial charge in [0, 0.05) is 69.7 Å². The van der Waals surface area contributed by atoms with Crippen molar-refractivity contribution in [2.24, 2.45) is 19.5 Å². The Bertz CT molecular complexity index is 2040. The molecule has 0 unspecified atom stereocenters. The number of amides is 1. The van der Waals surface area contributed by atoms with E-state index in [2.05, 4.69) is 33.7 Å². The Balaban J connectivity index is 1.24. The third-order valence-electron chi connectivity index (χ3n) is 9.92. The number of pyridine rings is 1. The molecule has 0 radical (unpaired) electrons. The number of nitrogens with zero attached hydrogens (tertiary/aromatic N) is 6. The highest BCUT2D eigenvalue weighted by Crippen LogP contribution is 2.41. The molecule has 0 atom stereocenters. The lowest BCUT2D eigenvalue weighted by Crippen LogP contribution is -2.46. The lowest BCUT2D eigenvalue weighted by Gasteiger charge is -2.34. The van der Waals surface area contributed by atoms with Crippen LogP contribution in [0.25, 0.3) is 11.1 Å². The third-order valence-corrected chi connectivity index (χ3v) is 9.92. The van der Waals surface area contributed by atoms with Crippen LogP contribution in [-0.4, -0.2) is 68.5 Å². The molecule has 258 valence electrons. The summed E-state index contributed by atoms with van der Waals surface area (Å²) in [7, 11) is 5.50. The minimum Gasteiger partial charge on any atom is -0.461 e. The first-order valence-electron chi connectivity index (χ1n) is 16.6. The van der Waals surface area contributed by atoms with Gasteiger partial charge in [-0.15, -0.1) is 0 Å². The summed E-state index contributed by atoms with van der Waals surface area (Å²) in [5, 5.41) is 7.74. The van der Waals surface area contributed by atoms with Crippen LogP contribution in [0.4, 0.5) is 21.6 Å². The third kappa shape index (κ3) is 6.17. The quantitative estimate of drug-likeness (QED) is 0.264. The lowest BCUT2D eigenvalue weighted by atomic mass is 9.90. The summed E-state index contributed by atoms with van der Waals surface area (Å²) in [5.41, 5.74) is 5.67. The summed E-state index contributed by atoms with van der Waals surface area (Å²) in [6, 6.07) is 8.52. The van der Waals surface area contributed by atoms with Gasteiger partial charge in [-0.25, -0.2) is 4.39 Å². The van der Waals surface area contributed by atoms with Gasteiger partial charge in [0.1, 0.15) is 23.8 Å². The lowest BCUT2D eigenvalue weighted by molar-refractivity contribution is -0.142. The van der Waals surface area contributed by atoms with Crippen LogP contribution in [-0.2, 0) is 60.9 Å². The van der Waals surface area contributed by atoms with Crippen LogP contribution in [0.5, 0.6) is 0 Å². The maximum absolute atomic E-state index is 15.6. The molecule has 3 aliphatic rings. The van der Waals surface area contributed by atoms with Gasteiger partial charge in [-0.1, -0.05) is 13.8 Å². The number of fused-ring (bicyclic) bond motifs is 3. The number of likely N-dealkylation sites (N-methyl/N-ethyl adjacent to an activating group) is 1. The number of aryl methyl sites for hydroxylation is 2. The number of nitrogens with one attached hydrogen (secondary N) is 1. The Morgan fingerprint density at radius 1 is 1.12 bits per heavy atom. The second-order valence-corrected chi connectivity index (χ2v) is 14.3. The molecule has 1 aromatic carbocycles. The number of hydrogen-bond acceptors (Lipinski definition) is 8. The molecule has 49 heavy (non-hydrogen) atoms. The molecule has 1 amide bonds. The molecule has 1 N–H and O–H groups in total. The van der Waals surface area contributed by atoms with Gasteiger partial charge in [0.05, 0.1) is 30.6 Å². The molecule has 3 aromatic heterocycles. The SMILES string of the molecule is CC(=O)OCc1c(-c2cc(Nc3cc(CN(C)C4COC4)n(C)n3)c(=O)n(C)c2)cc(F)cc1N1CCn2c(cc3c2CC(C)(C)C3)C1=O. The van der Waals surface area contributed by atoms with Crippen molar-refractivity contribution in [2.75, 3.05) is 37.0 Å². The van der Waals surface area contributed by atoms with Gasteiger partial charge < -0.3 is 28.8 Å². The fourth-order valence-electron chi connectivity index (χ4n) is 7.25. The predicted octanol–water partition coefficient (Wildman–Crippen LogP) is 4.15. The van der Waals surface area contributed by atoms with Crippen molar-refractivity contribution in [1.29, 1.82) is 0 Å². The Kier molecular flexibility index (Phi) is 8.22. The number of halogens is 1. The van der Waals surface area contributed by atoms with Gasteiger partial charge in [-0.05, 0) is 60.7 Å². The summed E-state index contributed by atoms with van der Waals surface area (Å²) in [5.74, 6) is -0.817. The molecular weight excluding hydrogens is 629 g/mol. The van der Waals surface area contributed by atoms with Crippen molar-refractivity contribution in [1.82, 2.24) is 23.8 Å². The summed E-state index contributed by atoms with van der Waals surface area (Å²) >= 11 is 0. The van der Waals surface area contributed by atoms with E-state index in [0.29, 0.717) is 72.8 Å². The molecular formula is C36H42FN7O5. The van der Waals surface area contributed by atoms with E-state index < -0.39 is 11.8 Å². The Morgan fingerprint density at radius 2 is 1.90 bits per heavy atom. The minimum absolute atomic E-state index is 0.145. The average molecular weight is 672 g/mol. The first-order valence-corrected chi connectivity index (χ1v) is 16.6. The Morgan fingerprint density at radius 3 is 2.61 bits per heavy atom. The summed E-state index contributed by atoms with van der Waals surface area (Å²) in [4.78, 5) is 43.2. The molecule has 1 saturated heterocycles. The standard InChI is InChI=1S/C36H42FN7O5/c1-21(45)49-20-28-27(11-24(37)12-30(28)44-8-7-43-31(35(44)47)10-22-14-36(2,3)15-32(22)43)23-9-29(34(46)41(5)16-23)38-33-13-25(42(6)39-33)17-40(4)26-18-48-19-26/h9-13,16,26H,7-8,14-15,17-20H2,1-6H3,(H,38,39). The zero-order valence-corrected chi connectivity index (χ0v) is 28.8. The van der Waals surface area contributed by atoms with Gasteiger partial charge in [0.25, 0.3) is 11.5 Å². The number of aromatic nitrogens is 4. The van der Waals surface area contributed by atoms with Gasteiger partial charge in [0.2, 0.25) is 0 Å². The van der Waals surface area contributed by atoms with Gasteiger partial charge in [-0.2, -0.15) is 5.10 Å². The topological polar surface area (TPSA) is 116 Å². The van der Waals surface area contributed by atoms with E-state index in [0.717, 1.165) is 18.5 Å². The van der Waals surface area contributed by atoms with Crippen molar-refractivity contribution in [3.8, 4) is 11.1 Å². The van der Waals surface area contributed by atoms with E-state index in [4.69, 9.17) is 9.47 Å². The number of rotatable bonds is 9. The first kappa shape index (κ1) is 32.8. The Labute approximate surface area is 284 Å². The zero-order chi connectivity index (χ0) is 34.8. The molecule has 2 aliphatic heterocycles. The minimum atomic E-state index is -0.562. The maximum Gasteiger partial charge on any atom is 0.302 e. The monoisotopic (exact) mass is 671 g/mol. The smallest absolute Gasteiger partial charge is 0.302 e. The largest absolute Gasteiger partial charge is 0.461 e. The molecule has 1 fully saturated rings. The highest BCUT2D eigenvalue weighted by molar-refractivity contribution is 6.07. The summed E-state index contributed by atoms with van der Waals surface area (Å²) < 4.78 is 31.7. The van der Waals surface area contributed by atoms with Crippen molar-refractivity contribution in [3.05, 3.63) is 80.9 Å². The van der Waals surface area contributed by atoms with Crippen molar-refractivity contribution >= 4 is 29.1 Å². The van der Waals surface area contributed by atoms with Crippen molar-refractivity contribution in [3.63, 3.8) is 0 Å². The van der Waals surface area contributed by atoms with Gasteiger partial charge >= 0.3 is 5.97 Å². The summed E-state index contributed by atoms with van der Waals surface area (Å²) in [6.45, 7) is 8.51. The van der Waals surface area contributed by atoms with Crippen LogP contribution in [0.3, 0.4) is 0 Å². The van der Waals surface area contributed by atoms with Crippen LogP contribution in [0.15, 0.2) is 41.3 Å². The first-order chi connectivity index (χ1) is 23.3. The van der Waals surface area contributed by atoms with E-state index >= 15 is 4.39 Å². The second kappa shape index (κ2) is 12.3. The number of benzene rings is 1. The highest BCUT2D eigenvalue weighted by atomic mass is 19.1. The number of carbonyl (C=O) groups excluding carboxylic acids is 2. The molecule has 0 bridgehead atoms. The number of carbonyl (C=O) groups is 2. The summed E-state index contributed by atoms with van der Waals surface area (Å²) in [6.07, 6.45) is 3.40. The van der Waals surface area contributed by atoms with E-state index in [1.807, 2.05) is 26.2 Å². The van der Waals surface area contributed by atoms with Crippen LogP contribution in [0, 0.1) is 11.2 Å². The molecule has 13 heteroatoms. The van der Waals surface area contributed by atoms with Crippen molar-refractivity contribution < 1.29 is 23.5 Å². The highest BCUT2D eigenvalue weighted by Gasteiger charge is 2.37. The molecule has 0 saturated carbocycles. The molecule has 7 rings (SSSR count). The fraction of sp³-hybridized carbons (Fsp3) is 0.444. The number of esters is 1. The van der Waals surface area contributed by atoms with Crippen LogP contribution in [0.1, 0.15) is 53.8 Å². The fourth-order valence-corrected chi connectivity index (χ4v) is 7.25. The van der Waals surface area contributed by atoms with Crippen molar-refractivity contribution in [2.45, 2.75) is 59.4 Å². The van der Waals surface area contributed by atoms with Crippen LogP contribution >= 0.6 is 0 Å². The molecule has 4 aromatic rings. The number of hydrogen-bond donors (Lipinski definition) is 1. The Hall–Kier alpha value is -4.75. The van der Waals surface area contributed by atoms with E-state index in [-0.39, 0.29) is 29.2 Å². The van der Waals surface area contributed by atoms with E-state index in [9.17, 15) is 14.4 Å². The zero-order valence-electron chi connectivity index (χ0n) is 28.8. The molecule has 12 nitrogen and oxygen atoms in total. The molecule has 5 heterocycles. The van der Waals surface area contributed by atoms with Gasteiger partial charge in [0.15, 0.2) is 5.82 Å². The molecule has 1 aliphatic carbocycles. The van der Waals surface area contributed by atoms with E-state index in [1.54, 1.807) is 28.9 Å². The number of ether oxygens (including phenoxy) is 2. The van der Waals surface area contributed by atoms with Gasteiger partial charge in [-0.3, -0.25) is 24.0 Å².